The van der Waals surface area contributed by atoms with Gasteiger partial charge in [-0.05, 0) is 41.7 Å². The third-order valence-electron chi connectivity index (χ3n) is 6.29. The van der Waals surface area contributed by atoms with E-state index in [0.717, 1.165) is 47.7 Å². The lowest BCUT2D eigenvalue weighted by Crippen LogP contribution is -2.50. The zero-order valence-electron chi connectivity index (χ0n) is 19.5. The first kappa shape index (κ1) is 23.2. The van der Waals surface area contributed by atoms with Crippen LogP contribution in [-0.2, 0) is 16.4 Å². The lowest BCUT2D eigenvalue weighted by atomic mass is 10.0. The molecule has 1 fully saturated rings. The Morgan fingerprint density at radius 1 is 1.21 bits per heavy atom. The number of thiazole rings is 1. The van der Waals surface area contributed by atoms with E-state index in [1.807, 2.05) is 24.5 Å². The summed E-state index contributed by atoms with van der Waals surface area (Å²) >= 11 is 1.56. The fraction of sp³-hybridized carbons (Fsp3) is 0.458. The van der Waals surface area contributed by atoms with Crippen LogP contribution in [0.3, 0.4) is 0 Å². The molecule has 0 spiro atoms. The molecular formula is C24H29N5O3S2. The Balaban J connectivity index is 1.16. The second kappa shape index (κ2) is 9.59. The van der Waals surface area contributed by atoms with E-state index in [0.29, 0.717) is 37.2 Å². The van der Waals surface area contributed by atoms with Crippen LogP contribution in [0.5, 0.6) is 5.19 Å². The van der Waals surface area contributed by atoms with Gasteiger partial charge in [-0.3, -0.25) is 0 Å². The van der Waals surface area contributed by atoms with Crippen molar-refractivity contribution in [2.75, 3.05) is 43.9 Å². The van der Waals surface area contributed by atoms with E-state index in [1.54, 1.807) is 11.3 Å². The Kier molecular flexibility index (Phi) is 6.54. The molecule has 0 amide bonds. The van der Waals surface area contributed by atoms with E-state index in [9.17, 15) is 8.42 Å². The van der Waals surface area contributed by atoms with E-state index in [4.69, 9.17) is 4.74 Å². The summed E-state index contributed by atoms with van der Waals surface area (Å²) in [5.41, 5.74) is 4.41. The van der Waals surface area contributed by atoms with E-state index in [1.165, 1.54) is 21.7 Å². The van der Waals surface area contributed by atoms with Gasteiger partial charge >= 0.3 is 0 Å². The van der Waals surface area contributed by atoms with Gasteiger partial charge in [0.25, 0.3) is 5.19 Å². The summed E-state index contributed by atoms with van der Waals surface area (Å²) < 4.78 is 32.1. The maximum absolute atomic E-state index is 11.7. The van der Waals surface area contributed by atoms with Gasteiger partial charge in [-0.1, -0.05) is 36.8 Å². The summed E-state index contributed by atoms with van der Waals surface area (Å²) in [6.45, 7) is 5.51. The van der Waals surface area contributed by atoms with Crippen LogP contribution >= 0.6 is 11.3 Å². The molecule has 2 aliphatic rings. The van der Waals surface area contributed by atoms with Crippen molar-refractivity contribution in [1.29, 1.82) is 0 Å². The number of aryl methyl sites for hydroxylation is 1. The van der Waals surface area contributed by atoms with E-state index in [-0.39, 0.29) is 0 Å². The van der Waals surface area contributed by atoms with Gasteiger partial charge in [0.1, 0.15) is 0 Å². The molecule has 0 radical (unpaired) electrons. The van der Waals surface area contributed by atoms with Crippen molar-refractivity contribution in [1.82, 2.24) is 19.3 Å². The number of benzene rings is 1. The lowest BCUT2D eigenvalue weighted by Gasteiger charge is -2.38. The van der Waals surface area contributed by atoms with Crippen molar-refractivity contribution in [3.63, 3.8) is 0 Å². The molecule has 5 rings (SSSR count). The molecule has 180 valence electrons. The largest absolute Gasteiger partial charge is 0.470 e. The zero-order chi connectivity index (χ0) is 23.7. The maximum atomic E-state index is 11.7. The molecule has 4 heterocycles. The number of nitrogens with zero attached hydrogens (tertiary/aromatic N) is 5. The van der Waals surface area contributed by atoms with E-state index < -0.39 is 10.0 Å². The summed E-state index contributed by atoms with van der Waals surface area (Å²) in [6.07, 6.45) is 9.95. The molecule has 1 saturated heterocycles. The summed E-state index contributed by atoms with van der Waals surface area (Å²) in [6, 6.07) is 6.21. The van der Waals surface area contributed by atoms with Gasteiger partial charge in [-0.15, -0.1) is 0 Å². The summed E-state index contributed by atoms with van der Waals surface area (Å²) in [5.74, 6) is 1.23. The number of anilines is 1. The molecule has 0 aliphatic carbocycles. The average molecular weight is 500 g/mol. The third-order valence-corrected chi connectivity index (χ3v) is 8.49. The fourth-order valence-electron chi connectivity index (χ4n) is 4.34. The lowest BCUT2D eigenvalue weighted by molar-refractivity contribution is 0.219. The van der Waals surface area contributed by atoms with E-state index >= 15 is 0 Å². The Bertz CT molecular complexity index is 1300. The highest BCUT2D eigenvalue weighted by atomic mass is 32.2. The Labute approximate surface area is 204 Å². The minimum Gasteiger partial charge on any atom is -0.470 e. The minimum atomic E-state index is -3.14. The van der Waals surface area contributed by atoms with Crippen LogP contribution < -0.4 is 9.64 Å². The molecule has 1 aromatic carbocycles. The molecule has 0 unspecified atom stereocenters. The van der Waals surface area contributed by atoms with Crippen LogP contribution in [0, 0.1) is 5.92 Å². The number of fused-ring (bicyclic) bond motifs is 1. The molecule has 0 N–H and O–H groups in total. The summed E-state index contributed by atoms with van der Waals surface area (Å²) in [4.78, 5) is 15.8. The standard InChI is InChI=1S/C24H29N5O3S2/c1-3-4-17-12-25-23(26-13-17)28-14-18(15-28)16-32-24-27-21-6-5-20(11-22(21)33-24)19-7-9-29(10-8-19)34(2,30)31/h5-7,11-13,18H,3-4,8-10,14-16H2,1-2H3. The highest BCUT2D eigenvalue weighted by Crippen LogP contribution is 2.33. The summed E-state index contributed by atoms with van der Waals surface area (Å²) in [7, 11) is -3.14. The predicted molar refractivity (Wildman–Crippen MR) is 136 cm³/mol. The van der Waals surface area contributed by atoms with E-state index in [2.05, 4.69) is 38.9 Å². The first-order valence-electron chi connectivity index (χ1n) is 11.6. The van der Waals surface area contributed by atoms with Crippen LogP contribution in [-0.4, -0.2) is 66.7 Å². The molecule has 2 aromatic heterocycles. The molecule has 2 aliphatic heterocycles. The van der Waals surface area contributed by atoms with Crippen LogP contribution in [0.15, 0.2) is 36.7 Å². The third kappa shape index (κ3) is 5.08. The van der Waals surface area contributed by atoms with Gasteiger partial charge in [0.15, 0.2) is 0 Å². The molecule has 0 atom stereocenters. The normalized spacial score (nSPS) is 17.6. The average Bonchev–Trinajstić information content (AvgIpc) is 3.21. The Hall–Kier alpha value is -2.56. The van der Waals surface area contributed by atoms with Crippen LogP contribution in [0.2, 0.25) is 0 Å². The molecular weight excluding hydrogens is 470 g/mol. The highest BCUT2D eigenvalue weighted by molar-refractivity contribution is 7.88. The van der Waals surface area contributed by atoms with Gasteiger partial charge < -0.3 is 9.64 Å². The predicted octanol–water partition coefficient (Wildman–Crippen LogP) is 3.60. The fourth-order valence-corrected chi connectivity index (χ4v) is 5.97. The molecule has 0 saturated carbocycles. The van der Waals surface area contributed by atoms with Crippen molar-refractivity contribution in [3.8, 4) is 5.19 Å². The van der Waals surface area contributed by atoms with Crippen molar-refractivity contribution in [2.45, 2.75) is 26.2 Å². The van der Waals surface area contributed by atoms with Crippen molar-refractivity contribution in [3.05, 3.63) is 47.8 Å². The molecule has 3 aromatic rings. The Morgan fingerprint density at radius 2 is 2.00 bits per heavy atom. The quantitative estimate of drug-likeness (QED) is 0.468. The van der Waals surface area contributed by atoms with Crippen LogP contribution in [0.1, 0.15) is 30.9 Å². The number of sulfonamides is 1. The maximum Gasteiger partial charge on any atom is 0.274 e. The number of ether oxygens (including phenoxy) is 1. The smallest absolute Gasteiger partial charge is 0.274 e. The Morgan fingerprint density at radius 3 is 2.68 bits per heavy atom. The number of hydrogen-bond donors (Lipinski definition) is 0. The minimum absolute atomic E-state index is 0.426. The molecule has 10 heteroatoms. The first-order chi connectivity index (χ1) is 16.4. The van der Waals surface area contributed by atoms with Crippen LogP contribution in [0.4, 0.5) is 5.95 Å². The molecule has 34 heavy (non-hydrogen) atoms. The van der Waals surface area contributed by atoms with Gasteiger partial charge in [-0.25, -0.2) is 23.4 Å². The zero-order valence-corrected chi connectivity index (χ0v) is 21.1. The molecule has 8 nitrogen and oxygen atoms in total. The van der Waals surface area contributed by atoms with Crippen molar-refractivity contribution < 1.29 is 13.2 Å². The highest BCUT2D eigenvalue weighted by Gasteiger charge is 2.29. The van der Waals surface area contributed by atoms with Crippen molar-refractivity contribution >= 4 is 43.1 Å². The van der Waals surface area contributed by atoms with Crippen molar-refractivity contribution in [2.24, 2.45) is 5.92 Å². The topological polar surface area (TPSA) is 88.5 Å². The number of aromatic nitrogens is 3. The summed E-state index contributed by atoms with van der Waals surface area (Å²) in [5, 5.41) is 0.687. The first-order valence-corrected chi connectivity index (χ1v) is 14.3. The molecule has 0 bridgehead atoms. The van der Waals surface area contributed by atoms with Gasteiger partial charge in [0, 0.05) is 44.5 Å². The van der Waals surface area contributed by atoms with Crippen LogP contribution in [0.25, 0.3) is 15.8 Å². The van der Waals surface area contributed by atoms with Gasteiger partial charge in [-0.2, -0.15) is 4.31 Å². The van der Waals surface area contributed by atoms with Gasteiger partial charge in [0.05, 0.1) is 23.1 Å². The number of hydrogen-bond acceptors (Lipinski definition) is 8. The second-order valence-electron chi connectivity index (χ2n) is 8.99. The number of rotatable bonds is 8. The van der Waals surface area contributed by atoms with Gasteiger partial charge in [0.2, 0.25) is 16.0 Å². The second-order valence-corrected chi connectivity index (χ2v) is 12.0. The monoisotopic (exact) mass is 499 g/mol. The SMILES string of the molecule is CCCc1cnc(N2CC(COc3nc4ccc(C5=CCN(S(C)(=O)=O)CC5)cc4s3)C2)nc1.